The van der Waals surface area contributed by atoms with Crippen molar-refractivity contribution in [2.45, 2.75) is 46.1 Å². The molecule has 0 fully saturated rings. The highest BCUT2D eigenvalue weighted by Crippen LogP contribution is 2.10. The van der Waals surface area contributed by atoms with E-state index in [0.717, 1.165) is 0 Å². The first-order chi connectivity index (χ1) is 12.1. The highest BCUT2D eigenvalue weighted by molar-refractivity contribution is 6.30. The van der Waals surface area contributed by atoms with E-state index in [0.29, 0.717) is 35.9 Å². The van der Waals surface area contributed by atoms with Gasteiger partial charge in [-0.2, -0.15) is 0 Å². The van der Waals surface area contributed by atoms with Crippen molar-refractivity contribution in [2.75, 3.05) is 20.1 Å². The minimum Gasteiger partial charge on any atom is -0.444 e. The van der Waals surface area contributed by atoms with E-state index in [9.17, 15) is 9.59 Å². The van der Waals surface area contributed by atoms with E-state index in [1.807, 2.05) is 0 Å². The summed E-state index contributed by atoms with van der Waals surface area (Å²) in [6, 6.07) is 0. The Kier molecular flexibility index (Phi) is 8.33. The molecule has 0 saturated heterocycles. The van der Waals surface area contributed by atoms with Crippen LogP contribution >= 0.6 is 11.6 Å². The molecule has 2 amide bonds. The Morgan fingerprint density at radius 2 is 2.08 bits per heavy atom. The average Bonchev–Trinajstić information content (AvgIpc) is 2.50. The topological polar surface area (TPSA) is 84.4 Å². The Labute approximate surface area is 159 Å². The van der Waals surface area contributed by atoms with Gasteiger partial charge in [-0.3, -0.25) is 4.79 Å². The maximum absolute atomic E-state index is 11.8. The second-order valence-electron chi connectivity index (χ2n) is 6.71. The van der Waals surface area contributed by atoms with Crippen LogP contribution in [0.3, 0.4) is 0 Å². The molecule has 1 aromatic heterocycles. The lowest BCUT2D eigenvalue weighted by molar-refractivity contribution is -0.122. The van der Waals surface area contributed by atoms with Crippen molar-refractivity contribution in [1.82, 2.24) is 20.2 Å². The van der Waals surface area contributed by atoms with Crippen LogP contribution in [-0.2, 0) is 9.53 Å². The number of ether oxygens (including phenoxy) is 1. The van der Waals surface area contributed by atoms with Crippen LogP contribution in [0.25, 0.3) is 0 Å². The van der Waals surface area contributed by atoms with E-state index in [1.54, 1.807) is 33.9 Å². The standard InChI is InChI=1S/C18H25ClN4O3/c1-13-21-11-14(16(19)22-13)9-7-6-8-10-20-15(24)12-23(5)17(25)26-18(2,3)4/h11H,6,8,10,12H2,1-5H3,(H,20,24). The van der Waals surface area contributed by atoms with Crippen molar-refractivity contribution in [3.8, 4) is 11.8 Å². The summed E-state index contributed by atoms with van der Waals surface area (Å²) in [6.07, 6.45) is 2.33. The van der Waals surface area contributed by atoms with Gasteiger partial charge in [-0.1, -0.05) is 23.4 Å². The first-order valence-corrected chi connectivity index (χ1v) is 8.65. The number of amides is 2. The lowest BCUT2D eigenvalue weighted by Gasteiger charge is -2.24. The number of nitrogens with zero attached hydrogens (tertiary/aromatic N) is 3. The molecule has 8 heteroatoms. The van der Waals surface area contributed by atoms with Crippen molar-refractivity contribution < 1.29 is 14.3 Å². The Morgan fingerprint density at radius 3 is 2.69 bits per heavy atom. The predicted molar refractivity (Wildman–Crippen MR) is 99.8 cm³/mol. The van der Waals surface area contributed by atoms with Gasteiger partial charge in [0.15, 0.2) is 0 Å². The summed E-state index contributed by atoms with van der Waals surface area (Å²) in [5, 5.41) is 3.08. The molecule has 26 heavy (non-hydrogen) atoms. The zero-order valence-electron chi connectivity index (χ0n) is 15.9. The Morgan fingerprint density at radius 1 is 1.38 bits per heavy atom. The normalized spacial score (nSPS) is 10.5. The lowest BCUT2D eigenvalue weighted by Crippen LogP contribution is -2.41. The third kappa shape index (κ3) is 8.67. The third-order valence-electron chi connectivity index (χ3n) is 2.97. The van der Waals surface area contributed by atoms with Gasteiger partial charge in [-0.15, -0.1) is 0 Å². The van der Waals surface area contributed by atoms with E-state index in [4.69, 9.17) is 16.3 Å². The monoisotopic (exact) mass is 380 g/mol. The van der Waals surface area contributed by atoms with Crippen LogP contribution in [-0.4, -0.2) is 52.6 Å². The van der Waals surface area contributed by atoms with Crippen molar-refractivity contribution in [3.63, 3.8) is 0 Å². The van der Waals surface area contributed by atoms with E-state index in [2.05, 4.69) is 27.1 Å². The van der Waals surface area contributed by atoms with Crippen molar-refractivity contribution >= 4 is 23.6 Å². The molecule has 0 unspecified atom stereocenters. The summed E-state index contributed by atoms with van der Waals surface area (Å²) < 4.78 is 5.18. The van der Waals surface area contributed by atoms with Gasteiger partial charge >= 0.3 is 6.09 Å². The van der Waals surface area contributed by atoms with E-state index in [-0.39, 0.29) is 12.5 Å². The maximum atomic E-state index is 11.8. The molecule has 0 bridgehead atoms. The molecule has 0 saturated carbocycles. The fraction of sp³-hybridized carbons (Fsp3) is 0.556. The number of carbonyl (C=O) groups excluding carboxylic acids is 2. The highest BCUT2D eigenvalue weighted by atomic mass is 35.5. The first kappa shape index (κ1) is 21.7. The smallest absolute Gasteiger partial charge is 0.410 e. The van der Waals surface area contributed by atoms with Gasteiger partial charge in [0.05, 0.1) is 5.56 Å². The number of likely N-dealkylation sites (N-methyl/N-ethyl adjacent to an activating group) is 1. The number of halogens is 1. The molecule has 1 heterocycles. The minimum absolute atomic E-state index is 0.0586. The van der Waals surface area contributed by atoms with Gasteiger partial charge in [0, 0.05) is 26.2 Å². The van der Waals surface area contributed by atoms with Gasteiger partial charge in [0.2, 0.25) is 5.91 Å². The number of aryl methyl sites for hydroxylation is 1. The summed E-state index contributed by atoms with van der Waals surface area (Å²) in [7, 11) is 1.52. The van der Waals surface area contributed by atoms with Crippen LogP contribution in [0, 0.1) is 18.8 Å². The summed E-state index contributed by atoms with van der Waals surface area (Å²) in [5.41, 5.74) is -0.00779. The number of rotatable bonds is 5. The van der Waals surface area contributed by atoms with E-state index in [1.165, 1.54) is 11.9 Å². The van der Waals surface area contributed by atoms with Gasteiger partial charge < -0.3 is 15.0 Å². The summed E-state index contributed by atoms with van der Waals surface area (Å²) in [6.45, 7) is 7.48. The first-order valence-electron chi connectivity index (χ1n) is 8.27. The molecule has 7 nitrogen and oxygen atoms in total. The SMILES string of the molecule is Cc1ncc(C#CCCCNC(=O)CN(C)C(=O)OC(C)(C)C)c(Cl)n1. The van der Waals surface area contributed by atoms with Crippen LogP contribution in [0.2, 0.25) is 5.15 Å². The van der Waals surface area contributed by atoms with Gasteiger partial charge in [-0.25, -0.2) is 14.8 Å². The molecule has 0 aromatic carbocycles. The molecule has 1 rings (SSSR count). The van der Waals surface area contributed by atoms with E-state index < -0.39 is 11.7 Å². The van der Waals surface area contributed by atoms with Crippen molar-refractivity contribution in [1.29, 1.82) is 0 Å². The zero-order valence-corrected chi connectivity index (χ0v) is 16.6. The number of aromatic nitrogens is 2. The zero-order chi connectivity index (χ0) is 19.7. The average molecular weight is 381 g/mol. The highest BCUT2D eigenvalue weighted by Gasteiger charge is 2.20. The molecule has 1 aromatic rings. The van der Waals surface area contributed by atoms with E-state index >= 15 is 0 Å². The Hall–Kier alpha value is -2.33. The van der Waals surface area contributed by atoms with Gasteiger partial charge in [0.1, 0.15) is 23.1 Å². The molecule has 0 atom stereocenters. The summed E-state index contributed by atoms with van der Waals surface area (Å²) in [5.74, 6) is 6.23. The molecule has 0 spiro atoms. The molecule has 142 valence electrons. The molecule has 0 radical (unpaired) electrons. The largest absolute Gasteiger partial charge is 0.444 e. The van der Waals surface area contributed by atoms with Crippen molar-refractivity contribution in [3.05, 3.63) is 22.7 Å². The summed E-state index contributed by atoms with van der Waals surface area (Å²) >= 11 is 5.97. The number of unbranched alkanes of at least 4 members (excludes halogenated alkanes) is 1. The minimum atomic E-state index is -0.591. The fourth-order valence-electron chi connectivity index (χ4n) is 1.76. The quantitative estimate of drug-likeness (QED) is 0.482. The molecular formula is C18H25ClN4O3. The Balaban J connectivity index is 2.28. The molecule has 1 N–H and O–H groups in total. The molecular weight excluding hydrogens is 356 g/mol. The summed E-state index contributed by atoms with van der Waals surface area (Å²) in [4.78, 5) is 32.9. The number of hydrogen-bond donors (Lipinski definition) is 1. The maximum Gasteiger partial charge on any atom is 0.410 e. The third-order valence-corrected chi connectivity index (χ3v) is 3.26. The number of nitrogens with one attached hydrogen (secondary N) is 1. The molecule has 0 aliphatic heterocycles. The predicted octanol–water partition coefficient (Wildman–Crippen LogP) is 2.55. The van der Waals surface area contributed by atoms with Crippen LogP contribution < -0.4 is 5.32 Å². The van der Waals surface area contributed by atoms with Gasteiger partial charge in [-0.05, 0) is 34.1 Å². The van der Waals surface area contributed by atoms with Crippen molar-refractivity contribution in [2.24, 2.45) is 0 Å². The lowest BCUT2D eigenvalue weighted by atomic mass is 10.2. The van der Waals surface area contributed by atoms with Crippen LogP contribution in [0.5, 0.6) is 0 Å². The second kappa shape index (κ2) is 9.97. The molecule has 0 aliphatic rings. The number of carbonyl (C=O) groups is 2. The fourth-order valence-corrected chi connectivity index (χ4v) is 1.98. The molecule has 0 aliphatic carbocycles. The second-order valence-corrected chi connectivity index (χ2v) is 7.07. The van der Waals surface area contributed by atoms with Crippen LogP contribution in [0.4, 0.5) is 4.79 Å². The van der Waals surface area contributed by atoms with Crippen LogP contribution in [0.1, 0.15) is 45.0 Å². The van der Waals surface area contributed by atoms with Gasteiger partial charge in [0.25, 0.3) is 0 Å². The number of hydrogen-bond acceptors (Lipinski definition) is 5. The Bertz CT molecular complexity index is 705. The van der Waals surface area contributed by atoms with Crippen LogP contribution in [0.15, 0.2) is 6.20 Å².